The van der Waals surface area contributed by atoms with Gasteiger partial charge >= 0.3 is 0 Å². The molecular formula is C25H43NO3. The van der Waals surface area contributed by atoms with E-state index in [0.29, 0.717) is 0 Å². The summed E-state index contributed by atoms with van der Waals surface area (Å²) < 4.78 is 0. The summed E-state index contributed by atoms with van der Waals surface area (Å²) in [6.45, 7) is 4.02. The van der Waals surface area contributed by atoms with Gasteiger partial charge < -0.3 is 4.90 Å². The lowest BCUT2D eigenvalue weighted by molar-refractivity contribution is -0.267. The molecule has 1 N–H and O–H groups in total. The highest BCUT2D eigenvalue weighted by Crippen LogP contribution is 2.12. The first-order valence-electron chi connectivity index (χ1n) is 11.9. The van der Waals surface area contributed by atoms with Crippen LogP contribution in [-0.2, 0) is 9.68 Å². The fourth-order valence-corrected chi connectivity index (χ4v) is 3.61. The van der Waals surface area contributed by atoms with Crippen LogP contribution in [0.4, 0.5) is 0 Å². The van der Waals surface area contributed by atoms with Gasteiger partial charge in [0.05, 0.1) is 0 Å². The summed E-state index contributed by atoms with van der Waals surface area (Å²) in [5, 5.41) is 8.99. The van der Waals surface area contributed by atoms with Crippen LogP contribution in [0.3, 0.4) is 0 Å². The van der Waals surface area contributed by atoms with Crippen molar-refractivity contribution >= 4 is 5.91 Å². The predicted molar refractivity (Wildman–Crippen MR) is 122 cm³/mol. The van der Waals surface area contributed by atoms with E-state index in [1.165, 1.54) is 51.4 Å². The number of piperidine rings is 1. The van der Waals surface area contributed by atoms with Crippen LogP contribution in [0, 0.1) is 0 Å². The number of unbranched alkanes of at least 4 members (excludes halogenated alkanes) is 8. The van der Waals surface area contributed by atoms with E-state index >= 15 is 0 Å². The molecular weight excluding hydrogens is 362 g/mol. The Morgan fingerprint density at radius 1 is 0.931 bits per heavy atom. The van der Waals surface area contributed by atoms with Crippen LogP contribution in [0.25, 0.3) is 0 Å². The van der Waals surface area contributed by atoms with Gasteiger partial charge in [-0.15, -0.1) is 0 Å². The molecule has 0 aromatic carbocycles. The molecule has 0 aromatic rings. The monoisotopic (exact) mass is 405 g/mol. The summed E-state index contributed by atoms with van der Waals surface area (Å²) in [4.78, 5) is 18.5. The lowest BCUT2D eigenvalue weighted by atomic mass is 10.1. The topological polar surface area (TPSA) is 49.8 Å². The van der Waals surface area contributed by atoms with Crippen molar-refractivity contribution in [2.75, 3.05) is 13.1 Å². The van der Waals surface area contributed by atoms with E-state index in [-0.39, 0.29) is 12.0 Å². The molecule has 1 saturated heterocycles. The van der Waals surface area contributed by atoms with Crippen molar-refractivity contribution < 1.29 is 14.9 Å². The normalized spacial score (nSPS) is 16.4. The molecule has 166 valence electrons. The Labute approximate surface area is 178 Å². The van der Waals surface area contributed by atoms with Crippen molar-refractivity contribution in [1.29, 1.82) is 0 Å². The molecule has 1 atom stereocenters. The molecule has 0 aromatic heterocycles. The van der Waals surface area contributed by atoms with E-state index in [2.05, 4.69) is 24.0 Å². The Morgan fingerprint density at radius 3 is 2.38 bits per heavy atom. The second kappa shape index (κ2) is 18.6. The first-order chi connectivity index (χ1) is 14.3. The number of rotatable bonds is 16. The highest BCUT2D eigenvalue weighted by atomic mass is 17.1. The molecule has 29 heavy (non-hydrogen) atoms. The third-order valence-electron chi connectivity index (χ3n) is 5.47. The molecule has 0 bridgehead atoms. The maximum atomic E-state index is 12.0. The lowest BCUT2D eigenvalue weighted by Gasteiger charge is -2.25. The highest BCUT2D eigenvalue weighted by molar-refractivity contribution is 5.87. The summed E-state index contributed by atoms with van der Waals surface area (Å²) in [6.07, 6.45) is 27.8. The number of nitrogens with zero attached hydrogens (tertiary/aromatic N) is 1. The summed E-state index contributed by atoms with van der Waals surface area (Å²) in [7, 11) is 0. The SMILES string of the molecule is CCCCC/C=C/C(CCCCCCC/C=C/C=C/C(=O)N1CCCCC1)OO. The summed E-state index contributed by atoms with van der Waals surface area (Å²) in [5.41, 5.74) is 0. The fourth-order valence-electron chi connectivity index (χ4n) is 3.61. The summed E-state index contributed by atoms with van der Waals surface area (Å²) in [6, 6.07) is 0. The zero-order valence-electron chi connectivity index (χ0n) is 18.6. The lowest BCUT2D eigenvalue weighted by Crippen LogP contribution is -2.34. The van der Waals surface area contributed by atoms with Crippen LogP contribution in [0.5, 0.6) is 0 Å². The Hall–Kier alpha value is -1.39. The molecule has 4 nitrogen and oxygen atoms in total. The summed E-state index contributed by atoms with van der Waals surface area (Å²) >= 11 is 0. The van der Waals surface area contributed by atoms with Gasteiger partial charge in [0.15, 0.2) is 0 Å². The minimum atomic E-state index is -0.154. The first-order valence-corrected chi connectivity index (χ1v) is 11.9. The van der Waals surface area contributed by atoms with Gasteiger partial charge in [0, 0.05) is 19.2 Å². The van der Waals surface area contributed by atoms with Gasteiger partial charge in [-0.1, -0.05) is 75.8 Å². The molecule has 1 aliphatic heterocycles. The molecule has 0 radical (unpaired) electrons. The third kappa shape index (κ3) is 14.3. The largest absolute Gasteiger partial charge is 0.339 e. The second-order valence-electron chi connectivity index (χ2n) is 8.09. The number of carbonyl (C=O) groups is 1. The van der Waals surface area contributed by atoms with Gasteiger partial charge in [0.2, 0.25) is 5.91 Å². The minimum absolute atomic E-state index is 0.148. The molecule has 0 spiro atoms. The van der Waals surface area contributed by atoms with Gasteiger partial charge in [-0.05, 0) is 51.4 Å². The van der Waals surface area contributed by atoms with Gasteiger partial charge in [-0.3, -0.25) is 10.1 Å². The van der Waals surface area contributed by atoms with Gasteiger partial charge in [-0.2, -0.15) is 0 Å². The average molecular weight is 406 g/mol. The number of hydrogen-bond donors (Lipinski definition) is 1. The average Bonchev–Trinajstić information content (AvgIpc) is 2.76. The number of allylic oxidation sites excluding steroid dienone is 4. The highest BCUT2D eigenvalue weighted by Gasteiger charge is 2.13. The Bertz CT molecular complexity index is 478. The minimum Gasteiger partial charge on any atom is -0.339 e. The molecule has 0 saturated carbocycles. The van der Waals surface area contributed by atoms with E-state index in [0.717, 1.165) is 51.6 Å². The number of hydrogen-bond acceptors (Lipinski definition) is 3. The van der Waals surface area contributed by atoms with Crippen molar-refractivity contribution in [3.8, 4) is 0 Å². The van der Waals surface area contributed by atoms with Crippen LogP contribution in [0.2, 0.25) is 0 Å². The van der Waals surface area contributed by atoms with Crippen molar-refractivity contribution in [3.05, 3.63) is 36.5 Å². The molecule has 1 heterocycles. The molecule has 0 aliphatic carbocycles. The predicted octanol–water partition coefficient (Wildman–Crippen LogP) is 6.84. The smallest absolute Gasteiger partial charge is 0.246 e. The van der Waals surface area contributed by atoms with Gasteiger partial charge in [-0.25, -0.2) is 4.89 Å². The molecule has 1 amide bonds. The van der Waals surface area contributed by atoms with E-state index in [9.17, 15) is 4.79 Å². The fraction of sp³-hybridized carbons (Fsp3) is 0.720. The van der Waals surface area contributed by atoms with Crippen molar-refractivity contribution in [1.82, 2.24) is 4.90 Å². The Kier molecular flexibility index (Phi) is 16.5. The van der Waals surface area contributed by atoms with E-state index in [4.69, 9.17) is 5.26 Å². The second-order valence-corrected chi connectivity index (χ2v) is 8.09. The number of likely N-dealkylation sites (tertiary alicyclic amines) is 1. The molecule has 4 heteroatoms. The van der Waals surface area contributed by atoms with Crippen LogP contribution >= 0.6 is 0 Å². The van der Waals surface area contributed by atoms with Crippen molar-refractivity contribution in [2.24, 2.45) is 0 Å². The Balaban J connectivity index is 1.97. The maximum Gasteiger partial charge on any atom is 0.246 e. The van der Waals surface area contributed by atoms with Gasteiger partial charge in [0.25, 0.3) is 0 Å². The van der Waals surface area contributed by atoms with Crippen molar-refractivity contribution in [2.45, 2.75) is 103 Å². The maximum absolute atomic E-state index is 12.0. The van der Waals surface area contributed by atoms with E-state index in [1.807, 2.05) is 23.1 Å². The molecule has 1 fully saturated rings. The molecule has 1 unspecified atom stereocenters. The zero-order valence-corrected chi connectivity index (χ0v) is 18.6. The van der Waals surface area contributed by atoms with E-state index < -0.39 is 0 Å². The number of carbonyl (C=O) groups excluding carboxylic acids is 1. The quantitative estimate of drug-likeness (QED) is 0.0764. The van der Waals surface area contributed by atoms with Crippen molar-refractivity contribution in [3.63, 3.8) is 0 Å². The standard InChI is InChI=1S/C25H43NO3/c1-2-3-4-10-14-19-24(29-28)20-15-11-8-6-5-7-9-12-16-21-25(27)26-22-17-13-18-23-26/h9,12,14,16,19,21,24,28H,2-8,10-11,13,15,17-18,20,22-23H2,1H3/b12-9+,19-14+,21-16+. The third-order valence-corrected chi connectivity index (χ3v) is 5.47. The summed E-state index contributed by atoms with van der Waals surface area (Å²) in [5.74, 6) is 0.148. The van der Waals surface area contributed by atoms with E-state index in [1.54, 1.807) is 6.08 Å². The Morgan fingerprint density at radius 2 is 1.62 bits per heavy atom. The zero-order chi connectivity index (χ0) is 21.0. The number of amides is 1. The van der Waals surface area contributed by atoms with Crippen LogP contribution < -0.4 is 0 Å². The van der Waals surface area contributed by atoms with Gasteiger partial charge in [0.1, 0.15) is 6.10 Å². The van der Waals surface area contributed by atoms with Crippen LogP contribution in [0.15, 0.2) is 36.5 Å². The van der Waals surface area contributed by atoms with Crippen LogP contribution in [-0.4, -0.2) is 35.3 Å². The molecule has 1 rings (SSSR count). The first kappa shape index (κ1) is 25.6. The van der Waals surface area contributed by atoms with Crippen LogP contribution in [0.1, 0.15) is 96.8 Å². The molecule has 1 aliphatic rings.